The van der Waals surface area contributed by atoms with E-state index in [1.54, 1.807) is 11.8 Å². The lowest BCUT2D eigenvalue weighted by atomic mass is 9.88. The molecule has 6 heteroatoms. The second-order valence-corrected chi connectivity index (χ2v) is 4.72. The molecule has 0 aromatic rings. The first kappa shape index (κ1) is 14.5. The normalized spacial score (nSPS) is 24.2. The molecule has 1 aliphatic rings. The Morgan fingerprint density at radius 1 is 1.50 bits per heavy atom. The van der Waals surface area contributed by atoms with E-state index in [9.17, 15) is 14.7 Å². The third kappa shape index (κ3) is 3.44. The topological polar surface area (TPSA) is 93.4 Å². The van der Waals surface area contributed by atoms with Crippen LogP contribution >= 0.6 is 0 Å². The lowest BCUT2D eigenvalue weighted by molar-refractivity contribution is -0.153. The third-order valence-electron chi connectivity index (χ3n) is 3.39. The predicted octanol–water partition coefficient (Wildman–Crippen LogP) is 0.345. The minimum absolute atomic E-state index is 0.0776. The Labute approximate surface area is 107 Å². The van der Waals surface area contributed by atoms with Crippen molar-refractivity contribution in [2.45, 2.75) is 38.1 Å². The largest absolute Gasteiger partial charge is 0.480 e. The van der Waals surface area contributed by atoms with Crippen molar-refractivity contribution in [2.75, 3.05) is 19.6 Å². The molecular weight excluding hydrogens is 234 g/mol. The molecule has 1 fully saturated rings. The molecule has 0 aromatic heterocycles. The van der Waals surface area contributed by atoms with Crippen molar-refractivity contribution >= 4 is 11.9 Å². The Balaban J connectivity index is 2.55. The lowest BCUT2D eigenvalue weighted by Gasteiger charge is -2.41. The Morgan fingerprint density at radius 2 is 2.22 bits per heavy atom. The summed E-state index contributed by atoms with van der Waals surface area (Å²) in [5.41, 5.74) is -0.954. The number of carbonyl (C=O) groups is 2. The van der Waals surface area contributed by atoms with Gasteiger partial charge in [-0.3, -0.25) is 14.5 Å². The number of amides is 1. The molecule has 1 atom stereocenters. The summed E-state index contributed by atoms with van der Waals surface area (Å²) in [7, 11) is 0. The summed E-state index contributed by atoms with van der Waals surface area (Å²) in [5, 5.41) is 20.3. The SMILES string of the molecule is CC1(C(=O)O)CCCCN1CC(=O)NCCC#N. The second-order valence-electron chi connectivity index (χ2n) is 4.72. The van der Waals surface area contributed by atoms with Gasteiger partial charge in [-0.2, -0.15) is 5.26 Å². The molecule has 1 saturated heterocycles. The van der Waals surface area contributed by atoms with Crippen LogP contribution in [0.1, 0.15) is 32.6 Å². The maximum Gasteiger partial charge on any atom is 0.323 e. The molecule has 1 heterocycles. The molecule has 1 rings (SSSR count). The first-order valence-electron chi connectivity index (χ1n) is 6.13. The molecule has 1 amide bonds. The first-order chi connectivity index (χ1) is 8.50. The fourth-order valence-corrected chi connectivity index (χ4v) is 2.16. The van der Waals surface area contributed by atoms with Gasteiger partial charge in [0.2, 0.25) is 5.91 Å². The van der Waals surface area contributed by atoms with Gasteiger partial charge in [0.1, 0.15) is 5.54 Å². The van der Waals surface area contributed by atoms with Crippen molar-refractivity contribution < 1.29 is 14.7 Å². The predicted molar refractivity (Wildman–Crippen MR) is 64.7 cm³/mol. The van der Waals surface area contributed by atoms with Gasteiger partial charge < -0.3 is 10.4 Å². The number of piperidine rings is 1. The summed E-state index contributed by atoms with van der Waals surface area (Å²) in [6.07, 6.45) is 2.61. The van der Waals surface area contributed by atoms with Gasteiger partial charge in [-0.15, -0.1) is 0 Å². The van der Waals surface area contributed by atoms with Crippen molar-refractivity contribution in [3.8, 4) is 6.07 Å². The number of hydrogen-bond acceptors (Lipinski definition) is 4. The number of hydrogen-bond donors (Lipinski definition) is 2. The number of likely N-dealkylation sites (tertiary alicyclic amines) is 1. The number of nitrogens with one attached hydrogen (secondary N) is 1. The van der Waals surface area contributed by atoms with E-state index in [4.69, 9.17) is 5.26 Å². The minimum atomic E-state index is -0.954. The smallest absolute Gasteiger partial charge is 0.323 e. The van der Waals surface area contributed by atoms with E-state index in [1.807, 2.05) is 6.07 Å². The molecule has 2 N–H and O–H groups in total. The summed E-state index contributed by atoms with van der Waals surface area (Å²) in [6.45, 7) is 2.67. The first-order valence-corrected chi connectivity index (χ1v) is 6.13. The molecule has 0 spiro atoms. The van der Waals surface area contributed by atoms with Crippen LogP contribution < -0.4 is 5.32 Å². The van der Waals surface area contributed by atoms with Gasteiger partial charge in [0.05, 0.1) is 19.0 Å². The van der Waals surface area contributed by atoms with E-state index in [2.05, 4.69) is 5.32 Å². The van der Waals surface area contributed by atoms with Gasteiger partial charge >= 0.3 is 5.97 Å². The van der Waals surface area contributed by atoms with Gasteiger partial charge in [0, 0.05) is 6.54 Å². The Hall–Kier alpha value is -1.61. The molecule has 0 saturated carbocycles. The van der Waals surface area contributed by atoms with Crippen molar-refractivity contribution in [3.63, 3.8) is 0 Å². The van der Waals surface area contributed by atoms with Gasteiger partial charge in [0.25, 0.3) is 0 Å². The van der Waals surface area contributed by atoms with Crippen LogP contribution in [-0.2, 0) is 9.59 Å². The molecule has 0 radical (unpaired) electrons. The summed E-state index contributed by atoms with van der Waals surface area (Å²) >= 11 is 0. The molecule has 0 bridgehead atoms. The molecule has 1 unspecified atom stereocenters. The highest BCUT2D eigenvalue weighted by Gasteiger charge is 2.41. The number of carboxylic acid groups (broad SMARTS) is 1. The van der Waals surface area contributed by atoms with Crippen molar-refractivity contribution in [3.05, 3.63) is 0 Å². The van der Waals surface area contributed by atoms with Crippen molar-refractivity contribution in [1.82, 2.24) is 10.2 Å². The summed E-state index contributed by atoms with van der Waals surface area (Å²) in [4.78, 5) is 24.7. The van der Waals surface area contributed by atoms with E-state index < -0.39 is 11.5 Å². The Kier molecular flexibility index (Phi) is 5.10. The number of aliphatic carboxylic acids is 1. The van der Waals surface area contributed by atoms with Crippen molar-refractivity contribution in [1.29, 1.82) is 5.26 Å². The zero-order valence-corrected chi connectivity index (χ0v) is 10.6. The highest BCUT2D eigenvalue weighted by molar-refractivity contribution is 5.82. The van der Waals surface area contributed by atoms with Crippen LogP contribution in [0.3, 0.4) is 0 Å². The quantitative estimate of drug-likeness (QED) is 0.689. The van der Waals surface area contributed by atoms with E-state index >= 15 is 0 Å². The molecule has 6 nitrogen and oxygen atoms in total. The van der Waals surface area contributed by atoms with Crippen LogP contribution in [0.5, 0.6) is 0 Å². The molecule has 1 aliphatic heterocycles. The number of rotatable bonds is 5. The summed E-state index contributed by atoms with van der Waals surface area (Å²) < 4.78 is 0. The monoisotopic (exact) mass is 253 g/mol. The fourth-order valence-electron chi connectivity index (χ4n) is 2.16. The second kappa shape index (κ2) is 6.36. The number of carboxylic acids is 1. The molecule has 0 aliphatic carbocycles. The Morgan fingerprint density at radius 3 is 2.83 bits per heavy atom. The third-order valence-corrected chi connectivity index (χ3v) is 3.39. The van der Waals surface area contributed by atoms with Crippen LogP contribution in [0.25, 0.3) is 0 Å². The average Bonchev–Trinajstić information content (AvgIpc) is 2.32. The fraction of sp³-hybridized carbons (Fsp3) is 0.750. The maximum absolute atomic E-state index is 11.6. The number of nitriles is 1. The molecular formula is C12H19N3O3. The number of carbonyl (C=O) groups excluding carboxylic acids is 1. The molecule has 0 aromatic carbocycles. The van der Waals surface area contributed by atoms with Gasteiger partial charge in [-0.25, -0.2) is 0 Å². The van der Waals surface area contributed by atoms with Crippen LogP contribution in [0, 0.1) is 11.3 Å². The summed E-state index contributed by atoms with van der Waals surface area (Å²) in [5.74, 6) is -1.10. The van der Waals surface area contributed by atoms with E-state index in [-0.39, 0.29) is 18.9 Å². The van der Waals surface area contributed by atoms with Crippen LogP contribution in [0.2, 0.25) is 0 Å². The van der Waals surface area contributed by atoms with Gasteiger partial charge in [-0.05, 0) is 32.7 Å². The summed E-state index contributed by atoms with van der Waals surface area (Å²) in [6, 6.07) is 1.94. The van der Waals surface area contributed by atoms with Gasteiger partial charge in [-0.1, -0.05) is 0 Å². The van der Waals surface area contributed by atoms with Crippen LogP contribution in [0.15, 0.2) is 0 Å². The molecule has 100 valence electrons. The maximum atomic E-state index is 11.6. The van der Waals surface area contributed by atoms with Crippen LogP contribution in [0.4, 0.5) is 0 Å². The Bertz CT molecular complexity index is 364. The average molecular weight is 253 g/mol. The number of nitrogens with zero attached hydrogens (tertiary/aromatic N) is 2. The molecule has 18 heavy (non-hydrogen) atoms. The van der Waals surface area contributed by atoms with E-state index in [0.29, 0.717) is 19.5 Å². The van der Waals surface area contributed by atoms with Crippen molar-refractivity contribution in [2.24, 2.45) is 0 Å². The zero-order chi connectivity index (χ0) is 13.6. The lowest BCUT2D eigenvalue weighted by Crippen LogP contribution is -2.57. The van der Waals surface area contributed by atoms with E-state index in [1.165, 1.54) is 0 Å². The standard InChI is InChI=1S/C12H19N3O3/c1-12(11(17)18)5-2-3-8-15(12)9-10(16)14-7-4-6-13/h2-5,7-9H2,1H3,(H,14,16)(H,17,18). The highest BCUT2D eigenvalue weighted by atomic mass is 16.4. The van der Waals surface area contributed by atoms with Gasteiger partial charge in [0.15, 0.2) is 0 Å². The zero-order valence-electron chi connectivity index (χ0n) is 10.6. The van der Waals surface area contributed by atoms with Crippen LogP contribution in [-0.4, -0.2) is 47.1 Å². The highest BCUT2D eigenvalue weighted by Crippen LogP contribution is 2.27. The minimum Gasteiger partial charge on any atom is -0.480 e. The van der Waals surface area contributed by atoms with E-state index in [0.717, 1.165) is 12.8 Å².